The van der Waals surface area contributed by atoms with Gasteiger partial charge in [0, 0.05) is 17.0 Å². The van der Waals surface area contributed by atoms with Gasteiger partial charge in [-0.3, -0.25) is 4.79 Å². The lowest BCUT2D eigenvalue weighted by Gasteiger charge is -2.16. The number of amides is 1. The van der Waals surface area contributed by atoms with Crippen molar-refractivity contribution in [2.45, 2.75) is 25.3 Å². The standard InChI is InChI=1S/C13H17ClN2O3/c14-10-6-2-1-5-9(10)12(13(18)19)16-11(17)7-3-4-8-15/h1-2,5-6,12H,3-4,7-8,15H2,(H,16,17)(H,18,19)/t12-/m1/s1. The number of carbonyl (C=O) groups excluding carboxylic acids is 1. The molecule has 0 fully saturated rings. The molecule has 4 N–H and O–H groups in total. The zero-order valence-corrected chi connectivity index (χ0v) is 11.2. The van der Waals surface area contributed by atoms with Crippen LogP contribution in [0.25, 0.3) is 0 Å². The Morgan fingerprint density at radius 1 is 1.32 bits per heavy atom. The lowest BCUT2D eigenvalue weighted by molar-refractivity contribution is -0.142. The predicted octanol–water partition coefficient (Wildman–Crippen LogP) is 1.71. The van der Waals surface area contributed by atoms with Gasteiger partial charge in [-0.15, -0.1) is 0 Å². The second-order valence-corrected chi connectivity index (χ2v) is 4.51. The molecule has 0 saturated heterocycles. The Bertz CT molecular complexity index is 451. The summed E-state index contributed by atoms with van der Waals surface area (Å²) in [7, 11) is 0. The Morgan fingerprint density at radius 3 is 2.58 bits per heavy atom. The van der Waals surface area contributed by atoms with Crippen LogP contribution in [-0.2, 0) is 9.59 Å². The summed E-state index contributed by atoms with van der Waals surface area (Å²) in [6.45, 7) is 0.514. The fourth-order valence-electron chi connectivity index (χ4n) is 1.64. The molecule has 1 aromatic carbocycles. The van der Waals surface area contributed by atoms with Crippen molar-refractivity contribution < 1.29 is 14.7 Å². The third-order valence-corrected chi connectivity index (χ3v) is 2.97. The first-order valence-corrected chi connectivity index (χ1v) is 6.40. The zero-order chi connectivity index (χ0) is 14.3. The Labute approximate surface area is 116 Å². The molecule has 104 valence electrons. The van der Waals surface area contributed by atoms with E-state index >= 15 is 0 Å². The van der Waals surface area contributed by atoms with Crippen molar-refractivity contribution in [1.29, 1.82) is 0 Å². The zero-order valence-electron chi connectivity index (χ0n) is 10.4. The van der Waals surface area contributed by atoms with Gasteiger partial charge in [0.1, 0.15) is 0 Å². The van der Waals surface area contributed by atoms with Crippen LogP contribution in [0.5, 0.6) is 0 Å². The number of benzene rings is 1. The molecule has 19 heavy (non-hydrogen) atoms. The van der Waals surface area contributed by atoms with E-state index in [-0.39, 0.29) is 12.3 Å². The molecule has 0 spiro atoms. The molecule has 1 rings (SSSR count). The van der Waals surface area contributed by atoms with Crippen molar-refractivity contribution in [3.8, 4) is 0 Å². The molecule has 0 aliphatic heterocycles. The third kappa shape index (κ3) is 4.89. The maximum atomic E-state index is 11.7. The average molecular weight is 285 g/mol. The quantitative estimate of drug-likeness (QED) is 0.665. The molecule has 6 heteroatoms. The minimum absolute atomic E-state index is 0.255. The molecule has 0 unspecified atom stereocenters. The summed E-state index contributed by atoms with van der Waals surface area (Å²) < 4.78 is 0. The van der Waals surface area contributed by atoms with E-state index in [1.807, 2.05) is 0 Å². The highest BCUT2D eigenvalue weighted by molar-refractivity contribution is 6.31. The van der Waals surface area contributed by atoms with Gasteiger partial charge in [-0.25, -0.2) is 4.79 Å². The van der Waals surface area contributed by atoms with E-state index in [0.29, 0.717) is 23.6 Å². The van der Waals surface area contributed by atoms with Crippen LogP contribution in [0.1, 0.15) is 30.9 Å². The van der Waals surface area contributed by atoms with Crippen LogP contribution in [0.3, 0.4) is 0 Å². The number of carboxylic acids is 1. The highest BCUT2D eigenvalue weighted by atomic mass is 35.5. The number of nitrogens with one attached hydrogen (secondary N) is 1. The molecule has 0 heterocycles. The van der Waals surface area contributed by atoms with Gasteiger partial charge in [-0.1, -0.05) is 29.8 Å². The van der Waals surface area contributed by atoms with Gasteiger partial charge in [0.05, 0.1) is 0 Å². The molecular formula is C13H17ClN2O3. The van der Waals surface area contributed by atoms with E-state index in [1.54, 1.807) is 24.3 Å². The number of hydrogen-bond donors (Lipinski definition) is 3. The summed E-state index contributed by atoms with van der Waals surface area (Å²) in [6, 6.07) is 5.43. The summed E-state index contributed by atoms with van der Waals surface area (Å²) in [6.07, 6.45) is 1.62. The Balaban J connectivity index is 2.72. The Kier molecular flexibility index (Phi) is 6.32. The fourth-order valence-corrected chi connectivity index (χ4v) is 1.89. The molecular weight excluding hydrogens is 268 g/mol. The van der Waals surface area contributed by atoms with Crippen LogP contribution in [0.2, 0.25) is 5.02 Å². The smallest absolute Gasteiger partial charge is 0.330 e. The Morgan fingerprint density at radius 2 is 2.00 bits per heavy atom. The summed E-state index contributed by atoms with van der Waals surface area (Å²) in [4.78, 5) is 22.9. The first-order valence-electron chi connectivity index (χ1n) is 6.03. The highest BCUT2D eigenvalue weighted by Crippen LogP contribution is 2.23. The molecule has 1 amide bonds. The molecule has 0 aliphatic rings. The summed E-state index contributed by atoms with van der Waals surface area (Å²) >= 11 is 5.94. The van der Waals surface area contributed by atoms with Crippen molar-refractivity contribution >= 4 is 23.5 Å². The van der Waals surface area contributed by atoms with E-state index in [0.717, 1.165) is 6.42 Å². The SMILES string of the molecule is NCCCCC(=O)N[C@@H](C(=O)O)c1ccccc1Cl. The van der Waals surface area contributed by atoms with E-state index in [1.165, 1.54) is 0 Å². The molecule has 0 aromatic heterocycles. The van der Waals surface area contributed by atoms with Crippen LogP contribution in [0, 0.1) is 0 Å². The number of rotatable bonds is 7. The molecule has 0 saturated carbocycles. The van der Waals surface area contributed by atoms with Gasteiger partial charge in [0.25, 0.3) is 0 Å². The van der Waals surface area contributed by atoms with Gasteiger partial charge in [-0.2, -0.15) is 0 Å². The lowest BCUT2D eigenvalue weighted by Crippen LogP contribution is -2.33. The van der Waals surface area contributed by atoms with Crippen LogP contribution < -0.4 is 11.1 Å². The number of nitrogens with two attached hydrogens (primary N) is 1. The monoisotopic (exact) mass is 284 g/mol. The van der Waals surface area contributed by atoms with Crippen LogP contribution >= 0.6 is 11.6 Å². The van der Waals surface area contributed by atoms with Crippen molar-refractivity contribution in [3.63, 3.8) is 0 Å². The molecule has 0 aliphatic carbocycles. The van der Waals surface area contributed by atoms with Gasteiger partial charge in [0.15, 0.2) is 6.04 Å². The second-order valence-electron chi connectivity index (χ2n) is 4.11. The predicted molar refractivity (Wildman–Crippen MR) is 72.9 cm³/mol. The second kappa shape index (κ2) is 7.76. The normalized spacial score (nSPS) is 11.9. The summed E-state index contributed by atoms with van der Waals surface area (Å²) in [5.41, 5.74) is 5.71. The lowest BCUT2D eigenvalue weighted by atomic mass is 10.1. The topological polar surface area (TPSA) is 92.4 Å². The van der Waals surface area contributed by atoms with Gasteiger partial charge in [-0.05, 0) is 25.5 Å². The number of hydrogen-bond acceptors (Lipinski definition) is 3. The van der Waals surface area contributed by atoms with E-state index in [2.05, 4.69) is 5.32 Å². The van der Waals surface area contributed by atoms with Crippen LogP contribution in [0.4, 0.5) is 0 Å². The minimum Gasteiger partial charge on any atom is -0.479 e. The highest BCUT2D eigenvalue weighted by Gasteiger charge is 2.23. The molecule has 0 bridgehead atoms. The summed E-state index contributed by atoms with van der Waals surface area (Å²) in [5, 5.41) is 12.0. The number of carboxylic acid groups (broad SMARTS) is 1. The first kappa shape index (κ1) is 15.5. The van der Waals surface area contributed by atoms with Crippen LogP contribution in [0.15, 0.2) is 24.3 Å². The molecule has 5 nitrogen and oxygen atoms in total. The maximum absolute atomic E-state index is 11.7. The summed E-state index contributed by atoms with van der Waals surface area (Å²) in [5.74, 6) is -1.46. The Hall–Kier alpha value is -1.59. The number of carbonyl (C=O) groups is 2. The third-order valence-electron chi connectivity index (χ3n) is 2.63. The minimum atomic E-state index is -1.14. The van der Waals surface area contributed by atoms with Crippen molar-refractivity contribution in [2.24, 2.45) is 5.73 Å². The van der Waals surface area contributed by atoms with E-state index in [4.69, 9.17) is 17.3 Å². The fraction of sp³-hybridized carbons (Fsp3) is 0.385. The van der Waals surface area contributed by atoms with E-state index < -0.39 is 12.0 Å². The maximum Gasteiger partial charge on any atom is 0.330 e. The van der Waals surface area contributed by atoms with Crippen LogP contribution in [-0.4, -0.2) is 23.5 Å². The van der Waals surface area contributed by atoms with Crippen molar-refractivity contribution in [1.82, 2.24) is 5.32 Å². The first-order chi connectivity index (χ1) is 9.06. The number of unbranched alkanes of at least 4 members (excludes halogenated alkanes) is 1. The van der Waals surface area contributed by atoms with E-state index in [9.17, 15) is 14.7 Å². The van der Waals surface area contributed by atoms with Gasteiger partial charge in [0.2, 0.25) is 5.91 Å². The number of halogens is 1. The van der Waals surface area contributed by atoms with Gasteiger partial charge < -0.3 is 16.2 Å². The molecule has 1 aromatic rings. The molecule has 0 radical (unpaired) electrons. The molecule has 1 atom stereocenters. The number of aliphatic carboxylic acids is 1. The van der Waals surface area contributed by atoms with Crippen molar-refractivity contribution in [3.05, 3.63) is 34.9 Å². The van der Waals surface area contributed by atoms with Gasteiger partial charge >= 0.3 is 5.97 Å². The average Bonchev–Trinajstić information content (AvgIpc) is 2.37. The van der Waals surface area contributed by atoms with Crippen molar-refractivity contribution in [2.75, 3.05) is 6.54 Å². The largest absolute Gasteiger partial charge is 0.479 e.